The summed E-state index contributed by atoms with van der Waals surface area (Å²) in [5.74, 6) is 0.296. The first kappa shape index (κ1) is 37.6. The number of nitrogens with zero attached hydrogens (tertiary/aromatic N) is 2. The van der Waals surface area contributed by atoms with E-state index in [0.29, 0.717) is 5.92 Å². The molecule has 8 aromatic rings. The van der Waals surface area contributed by atoms with Crippen LogP contribution in [-0.2, 0) is 5.41 Å². The van der Waals surface area contributed by atoms with Crippen molar-refractivity contribution in [3.8, 4) is 44.5 Å². The van der Waals surface area contributed by atoms with Crippen molar-refractivity contribution in [3.05, 3.63) is 246 Å². The standard InChI is InChI=1S/C60H48N2/c1-4-14-41-23-36-58-55(37-41)54-34-28-47(39-59(54)62(58)50-20-13-19-46(38-50)43-17-9-6-10-18-43)45-26-31-49(32-27-45)61(48-29-24-44(25-30-48)42-15-7-5-8-16-42)51-33-35-53-52-21-11-12-22-56(52)60(2,3)57(53)40-51/h4-36,38-40,55H,37H2,1-3H3/b14-4+. The lowest BCUT2D eigenvalue weighted by molar-refractivity contribution is 0.660. The van der Waals surface area contributed by atoms with Crippen molar-refractivity contribution < 1.29 is 0 Å². The van der Waals surface area contributed by atoms with Crippen LogP contribution in [0, 0.1) is 0 Å². The first-order chi connectivity index (χ1) is 30.4. The summed E-state index contributed by atoms with van der Waals surface area (Å²) in [4.78, 5) is 4.91. The first-order valence-corrected chi connectivity index (χ1v) is 21.9. The highest BCUT2D eigenvalue weighted by Crippen LogP contribution is 2.54. The minimum absolute atomic E-state index is 0.100. The van der Waals surface area contributed by atoms with Gasteiger partial charge in [-0.25, -0.2) is 0 Å². The maximum Gasteiger partial charge on any atom is 0.0503 e. The second-order valence-electron chi connectivity index (χ2n) is 17.3. The molecule has 2 heteroatoms. The number of hydrogen-bond donors (Lipinski definition) is 0. The van der Waals surface area contributed by atoms with E-state index in [-0.39, 0.29) is 5.41 Å². The molecule has 62 heavy (non-hydrogen) atoms. The van der Waals surface area contributed by atoms with Crippen LogP contribution >= 0.6 is 0 Å². The van der Waals surface area contributed by atoms with Gasteiger partial charge < -0.3 is 9.80 Å². The van der Waals surface area contributed by atoms with Crippen molar-refractivity contribution in [2.45, 2.75) is 38.5 Å². The Bertz CT molecular complexity index is 3060. The fourth-order valence-electron chi connectivity index (χ4n) is 10.2. The van der Waals surface area contributed by atoms with Crippen LogP contribution in [-0.4, -0.2) is 0 Å². The van der Waals surface area contributed by atoms with Crippen LogP contribution in [0.4, 0.5) is 28.4 Å². The summed E-state index contributed by atoms with van der Waals surface area (Å²) in [6.45, 7) is 6.82. The number of benzene rings is 8. The van der Waals surface area contributed by atoms with Crippen LogP contribution in [0.15, 0.2) is 230 Å². The lowest BCUT2D eigenvalue weighted by atomic mass is 9.82. The summed E-state index contributed by atoms with van der Waals surface area (Å²) < 4.78 is 0. The number of allylic oxidation sites excluding steroid dienone is 6. The topological polar surface area (TPSA) is 6.48 Å². The molecular formula is C60H48N2. The molecule has 0 bridgehead atoms. The first-order valence-electron chi connectivity index (χ1n) is 21.9. The predicted octanol–water partition coefficient (Wildman–Crippen LogP) is 16.5. The van der Waals surface area contributed by atoms with E-state index in [4.69, 9.17) is 0 Å². The molecular weight excluding hydrogens is 749 g/mol. The van der Waals surface area contributed by atoms with E-state index in [1.165, 1.54) is 83.8 Å². The second-order valence-corrected chi connectivity index (χ2v) is 17.3. The van der Waals surface area contributed by atoms with Gasteiger partial charge in [-0.15, -0.1) is 0 Å². The van der Waals surface area contributed by atoms with Gasteiger partial charge in [0.1, 0.15) is 0 Å². The van der Waals surface area contributed by atoms with E-state index in [1.54, 1.807) is 0 Å². The molecule has 0 saturated heterocycles. The van der Waals surface area contributed by atoms with Gasteiger partial charge in [-0.3, -0.25) is 0 Å². The fraction of sp³-hybridized carbons (Fsp3) is 0.100. The Hall–Kier alpha value is -7.42. The zero-order valence-electron chi connectivity index (χ0n) is 35.5. The zero-order valence-corrected chi connectivity index (χ0v) is 35.5. The minimum Gasteiger partial charge on any atom is -0.313 e. The summed E-state index contributed by atoms with van der Waals surface area (Å²) in [6, 6.07) is 71.5. The van der Waals surface area contributed by atoms with E-state index < -0.39 is 0 Å². The van der Waals surface area contributed by atoms with Crippen LogP contribution in [0.2, 0.25) is 0 Å². The van der Waals surface area contributed by atoms with Crippen LogP contribution in [0.3, 0.4) is 0 Å². The van der Waals surface area contributed by atoms with Crippen LogP contribution in [0.25, 0.3) is 44.5 Å². The number of hydrogen-bond acceptors (Lipinski definition) is 2. The summed E-state index contributed by atoms with van der Waals surface area (Å²) in [5.41, 5.74) is 22.5. The molecule has 0 radical (unpaired) electrons. The molecule has 11 rings (SSSR count). The van der Waals surface area contributed by atoms with Gasteiger partial charge in [-0.1, -0.05) is 172 Å². The van der Waals surface area contributed by atoms with Crippen molar-refractivity contribution in [1.29, 1.82) is 0 Å². The molecule has 0 spiro atoms. The molecule has 0 saturated carbocycles. The van der Waals surface area contributed by atoms with E-state index >= 15 is 0 Å². The molecule has 0 N–H and O–H groups in total. The molecule has 8 aromatic carbocycles. The molecule has 0 amide bonds. The SMILES string of the molecule is C/C=C/C1=CC=C2C(C1)c1ccc(-c3ccc(N(c4ccc(-c5ccccc5)cc4)c4ccc5c(c4)C(C)(C)c4ccccc4-5)cc3)cc1N2c1cccc(-c2ccccc2)c1. The molecule has 1 aliphatic heterocycles. The normalized spacial score (nSPS) is 15.7. The molecule has 3 aliphatic rings. The largest absolute Gasteiger partial charge is 0.313 e. The predicted molar refractivity (Wildman–Crippen MR) is 262 cm³/mol. The smallest absolute Gasteiger partial charge is 0.0503 e. The molecule has 0 fully saturated rings. The van der Waals surface area contributed by atoms with Gasteiger partial charge in [0.05, 0.1) is 5.69 Å². The van der Waals surface area contributed by atoms with Gasteiger partial charge in [0.25, 0.3) is 0 Å². The van der Waals surface area contributed by atoms with Gasteiger partial charge in [0.15, 0.2) is 0 Å². The molecule has 1 atom stereocenters. The van der Waals surface area contributed by atoms with Gasteiger partial charge in [-0.2, -0.15) is 0 Å². The summed E-state index contributed by atoms with van der Waals surface area (Å²) in [7, 11) is 0. The minimum atomic E-state index is -0.100. The third kappa shape index (κ3) is 6.42. The van der Waals surface area contributed by atoms with Crippen LogP contribution in [0.5, 0.6) is 0 Å². The average molecular weight is 797 g/mol. The van der Waals surface area contributed by atoms with Crippen molar-refractivity contribution in [1.82, 2.24) is 0 Å². The second kappa shape index (κ2) is 15.2. The summed E-state index contributed by atoms with van der Waals surface area (Å²) in [5, 5.41) is 0. The lowest BCUT2D eigenvalue weighted by Gasteiger charge is -2.28. The monoisotopic (exact) mass is 796 g/mol. The lowest BCUT2D eigenvalue weighted by Crippen LogP contribution is -2.16. The van der Waals surface area contributed by atoms with E-state index in [2.05, 4.69) is 249 Å². The maximum absolute atomic E-state index is 2.50. The quantitative estimate of drug-likeness (QED) is 0.151. The molecule has 1 heterocycles. The third-order valence-electron chi connectivity index (χ3n) is 13.3. The third-order valence-corrected chi connectivity index (χ3v) is 13.3. The Labute approximate surface area is 366 Å². The van der Waals surface area contributed by atoms with Gasteiger partial charge in [-0.05, 0) is 141 Å². The maximum atomic E-state index is 2.50. The number of anilines is 5. The van der Waals surface area contributed by atoms with Crippen molar-refractivity contribution in [3.63, 3.8) is 0 Å². The Morgan fingerprint density at radius 2 is 1.06 bits per heavy atom. The molecule has 0 aromatic heterocycles. The van der Waals surface area contributed by atoms with Gasteiger partial charge >= 0.3 is 0 Å². The highest BCUT2D eigenvalue weighted by molar-refractivity contribution is 5.88. The zero-order chi connectivity index (χ0) is 41.8. The molecule has 2 nitrogen and oxygen atoms in total. The number of fused-ring (bicyclic) bond motifs is 6. The van der Waals surface area contributed by atoms with Crippen molar-refractivity contribution >= 4 is 28.4 Å². The summed E-state index contributed by atoms with van der Waals surface area (Å²) >= 11 is 0. The van der Waals surface area contributed by atoms with E-state index in [1.807, 2.05) is 0 Å². The van der Waals surface area contributed by atoms with E-state index in [9.17, 15) is 0 Å². The number of rotatable bonds is 8. The van der Waals surface area contributed by atoms with Crippen molar-refractivity contribution in [2.75, 3.05) is 9.80 Å². The Morgan fingerprint density at radius 3 is 1.77 bits per heavy atom. The average Bonchev–Trinajstić information content (AvgIpc) is 3.77. The molecule has 298 valence electrons. The summed E-state index contributed by atoms with van der Waals surface area (Å²) in [6.07, 6.45) is 10.0. The van der Waals surface area contributed by atoms with Gasteiger partial charge in [0.2, 0.25) is 0 Å². The van der Waals surface area contributed by atoms with E-state index in [0.717, 1.165) is 23.5 Å². The van der Waals surface area contributed by atoms with Crippen molar-refractivity contribution in [2.24, 2.45) is 0 Å². The molecule has 1 unspecified atom stereocenters. The highest BCUT2D eigenvalue weighted by Gasteiger charge is 2.37. The Balaban J connectivity index is 0.984. The Kier molecular flexibility index (Phi) is 9.24. The Morgan fingerprint density at radius 1 is 0.500 bits per heavy atom. The molecule has 2 aliphatic carbocycles. The fourth-order valence-corrected chi connectivity index (χ4v) is 10.2. The van der Waals surface area contributed by atoms with Crippen LogP contribution < -0.4 is 9.80 Å². The van der Waals surface area contributed by atoms with Gasteiger partial charge in [0, 0.05) is 39.8 Å². The van der Waals surface area contributed by atoms with Crippen LogP contribution in [0.1, 0.15) is 49.8 Å². The highest BCUT2D eigenvalue weighted by atomic mass is 15.2.